The molecule has 2 aliphatic rings. The normalized spacial score (nSPS) is 31.5. The maximum atomic E-state index is 12.3. The number of nitrogens with one attached hydrogen (secondary N) is 1. The van der Waals surface area contributed by atoms with Gasteiger partial charge in [0, 0.05) is 25.7 Å². The van der Waals surface area contributed by atoms with Crippen LogP contribution in [0.2, 0.25) is 0 Å². The molecule has 1 saturated heterocycles. The molecule has 134 valence electrons. The van der Waals surface area contributed by atoms with Gasteiger partial charge in [-0.15, -0.1) is 0 Å². The molecule has 0 aromatic heterocycles. The molecule has 3 unspecified atom stereocenters. The van der Waals surface area contributed by atoms with Crippen molar-refractivity contribution in [1.29, 1.82) is 0 Å². The van der Waals surface area contributed by atoms with Crippen molar-refractivity contribution in [2.75, 3.05) is 39.0 Å². The number of carbonyl (C=O) groups is 1. The molecular weight excluding hydrogens is 314 g/mol. The van der Waals surface area contributed by atoms with Crippen LogP contribution in [-0.4, -0.2) is 68.6 Å². The molecule has 2 fully saturated rings. The summed E-state index contributed by atoms with van der Waals surface area (Å²) in [7, 11) is -3.13. The van der Waals surface area contributed by atoms with Crippen LogP contribution in [0.1, 0.15) is 39.5 Å². The smallest absolute Gasteiger partial charge is 0.234 e. The van der Waals surface area contributed by atoms with Crippen LogP contribution in [0.3, 0.4) is 0 Å². The summed E-state index contributed by atoms with van der Waals surface area (Å²) in [6.45, 7) is 7.28. The lowest BCUT2D eigenvalue weighted by Crippen LogP contribution is -2.47. The van der Waals surface area contributed by atoms with Gasteiger partial charge < -0.3 is 5.32 Å². The van der Waals surface area contributed by atoms with Crippen molar-refractivity contribution < 1.29 is 13.2 Å². The fourth-order valence-corrected chi connectivity index (χ4v) is 4.55. The molecule has 0 aromatic rings. The molecule has 0 aromatic carbocycles. The van der Waals surface area contributed by atoms with Crippen molar-refractivity contribution >= 4 is 15.9 Å². The monoisotopic (exact) mass is 345 g/mol. The third-order valence-electron chi connectivity index (χ3n) is 5.44. The van der Waals surface area contributed by atoms with E-state index < -0.39 is 10.0 Å². The second kappa shape index (κ2) is 7.94. The lowest BCUT2D eigenvalue weighted by Gasteiger charge is -2.35. The van der Waals surface area contributed by atoms with Crippen LogP contribution >= 0.6 is 0 Å². The number of carbonyl (C=O) groups excluding carboxylic acids is 1. The van der Waals surface area contributed by atoms with Gasteiger partial charge in [0.2, 0.25) is 15.9 Å². The van der Waals surface area contributed by atoms with Gasteiger partial charge in [-0.05, 0) is 31.2 Å². The van der Waals surface area contributed by atoms with Crippen LogP contribution < -0.4 is 5.32 Å². The number of hydrogen-bond donors (Lipinski definition) is 1. The lowest BCUT2D eigenvalue weighted by molar-refractivity contribution is -0.123. The Morgan fingerprint density at radius 2 is 1.83 bits per heavy atom. The number of nitrogens with zero attached hydrogens (tertiary/aromatic N) is 2. The second-order valence-corrected chi connectivity index (χ2v) is 9.22. The summed E-state index contributed by atoms with van der Waals surface area (Å²) in [5, 5.41) is 3.20. The highest BCUT2D eigenvalue weighted by Crippen LogP contribution is 2.29. The highest BCUT2D eigenvalue weighted by molar-refractivity contribution is 7.88. The fraction of sp³-hybridized carbons (Fsp3) is 0.938. The zero-order valence-electron chi connectivity index (χ0n) is 14.6. The van der Waals surface area contributed by atoms with Gasteiger partial charge in [-0.25, -0.2) is 12.7 Å². The molecule has 0 radical (unpaired) electrons. The Kier molecular flexibility index (Phi) is 6.45. The standard InChI is InChI=1S/C16H31N3O3S/c1-13-6-4-7-15(14(13)2)17-16(20)12-18-8-5-9-19(11-10-18)23(3,21)22/h13-15H,4-12H2,1-3H3,(H,17,20). The van der Waals surface area contributed by atoms with E-state index in [1.807, 2.05) is 0 Å². The Morgan fingerprint density at radius 3 is 2.52 bits per heavy atom. The van der Waals surface area contributed by atoms with Crippen LogP contribution in [0.15, 0.2) is 0 Å². The van der Waals surface area contributed by atoms with Gasteiger partial charge in [0.25, 0.3) is 0 Å². The lowest BCUT2D eigenvalue weighted by atomic mass is 9.78. The maximum absolute atomic E-state index is 12.3. The number of hydrogen-bond acceptors (Lipinski definition) is 4. The Balaban J connectivity index is 1.81. The van der Waals surface area contributed by atoms with E-state index in [0.717, 1.165) is 19.4 Å². The molecule has 3 atom stereocenters. The van der Waals surface area contributed by atoms with E-state index in [1.54, 1.807) is 0 Å². The maximum Gasteiger partial charge on any atom is 0.234 e. The Labute approximate surface area is 140 Å². The third-order valence-corrected chi connectivity index (χ3v) is 6.74. The summed E-state index contributed by atoms with van der Waals surface area (Å²) in [5.74, 6) is 1.26. The molecule has 1 heterocycles. The van der Waals surface area contributed by atoms with Gasteiger partial charge in [0.15, 0.2) is 0 Å². The van der Waals surface area contributed by atoms with Crippen molar-refractivity contribution in [3.05, 3.63) is 0 Å². The van der Waals surface area contributed by atoms with Crippen molar-refractivity contribution in [3.8, 4) is 0 Å². The van der Waals surface area contributed by atoms with Crippen LogP contribution in [0.25, 0.3) is 0 Å². The summed E-state index contributed by atoms with van der Waals surface area (Å²) in [6.07, 6.45) is 5.53. The Bertz CT molecular complexity index is 509. The molecule has 1 amide bonds. The summed E-state index contributed by atoms with van der Waals surface area (Å²) < 4.78 is 24.8. The predicted molar refractivity (Wildman–Crippen MR) is 91.6 cm³/mol. The molecule has 1 saturated carbocycles. The van der Waals surface area contributed by atoms with E-state index in [0.29, 0.717) is 38.0 Å². The van der Waals surface area contributed by atoms with E-state index in [9.17, 15) is 13.2 Å². The Morgan fingerprint density at radius 1 is 1.09 bits per heavy atom. The van der Waals surface area contributed by atoms with Gasteiger partial charge >= 0.3 is 0 Å². The van der Waals surface area contributed by atoms with E-state index in [-0.39, 0.29) is 11.9 Å². The minimum atomic E-state index is -3.13. The first-order valence-electron chi connectivity index (χ1n) is 8.74. The number of rotatable bonds is 4. The van der Waals surface area contributed by atoms with E-state index in [2.05, 4.69) is 24.1 Å². The summed E-state index contributed by atoms with van der Waals surface area (Å²) in [4.78, 5) is 14.4. The Hall–Kier alpha value is -0.660. The largest absolute Gasteiger partial charge is 0.352 e. The summed E-state index contributed by atoms with van der Waals surface area (Å²) >= 11 is 0. The SMILES string of the molecule is CC1CCCC(NC(=O)CN2CCCN(S(C)(=O)=O)CC2)C1C. The minimum absolute atomic E-state index is 0.0729. The second-order valence-electron chi connectivity index (χ2n) is 7.23. The van der Waals surface area contributed by atoms with Gasteiger partial charge in [-0.1, -0.05) is 26.7 Å². The van der Waals surface area contributed by atoms with Crippen LogP contribution in [0, 0.1) is 11.8 Å². The molecule has 0 bridgehead atoms. The molecule has 2 rings (SSSR count). The number of sulfonamides is 1. The van der Waals surface area contributed by atoms with E-state index in [4.69, 9.17) is 0 Å². The quantitative estimate of drug-likeness (QED) is 0.822. The summed E-state index contributed by atoms with van der Waals surface area (Å²) in [5.41, 5.74) is 0. The van der Waals surface area contributed by atoms with Gasteiger partial charge in [0.1, 0.15) is 0 Å². The average molecular weight is 346 g/mol. The first-order valence-corrected chi connectivity index (χ1v) is 10.6. The highest BCUT2D eigenvalue weighted by atomic mass is 32.2. The highest BCUT2D eigenvalue weighted by Gasteiger charge is 2.29. The topological polar surface area (TPSA) is 69.7 Å². The van der Waals surface area contributed by atoms with E-state index >= 15 is 0 Å². The zero-order valence-corrected chi connectivity index (χ0v) is 15.4. The zero-order chi connectivity index (χ0) is 17.0. The van der Waals surface area contributed by atoms with Crippen LogP contribution in [0.4, 0.5) is 0 Å². The van der Waals surface area contributed by atoms with Gasteiger partial charge in [-0.3, -0.25) is 9.69 Å². The van der Waals surface area contributed by atoms with Crippen molar-refractivity contribution in [3.63, 3.8) is 0 Å². The molecule has 0 spiro atoms. The average Bonchev–Trinajstić information content (AvgIpc) is 2.69. The van der Waals surface area contributed by atoms with Gasteiger partial charge in [-0.2, -0.15) is 0 Å². The van der Waals surface area contributed by atoms with Crippen molar-refractivity contribution in [1.82, 2.24) is 14.5 Å². The fourth-order valence-electron chi connectivity index (χ4n) is 3.68. The predicted octanol–water partition coefficient (Wildman–Crippen LogP) is 0.895. The molecule has 1 aliphatic heterocycles. The minimum Gasteiger partial charge on any atom is -0.352 e. The first-order chi connectivity index (χ1) is 10.8. The molecule has 7 heteroatoms. The van der Waals surface area contributed by atoms with Crippen LogP contribution in [-0.2, 0) is 14.8 Å². The van der Waals surface area contributed by atoms with Crippen molar-refractivity contribution in [2.24, 2.45) is 11.8 Å². The summed E-state index contributed by atoms with van der Waals surface area (Å²) in [6, 6.07) is 0.283. The van der Waals surface area contributed by atoms with Crippen molar-refractivity contribution in [2.45, 2.75) is 45.6 Å². The molecular formula is C16H31N3O3S. The van der Waals surface area contributed by atoms with Crippen LogP contribution in [0.5, 0.6) is 0 Å². The van der Waals surface area contributed by atoms with Gasteiger partial charge in [0.05, 0.1) is 12.8 Å². The molecule has 1 N–H and O–H groups in total. The number of amides is 1. The molecule has 1 aliphatic carbocycles. The molecule has 23 heavy (non-hydrogen) atoms. The third kappa shape index (κ3) is 5.43. The first kappa shape index (κ1) is 18.7. The molecule has 6 nitrogen and oxygen atoms in total. The van der Waals surface area contributed by atoms with E-state index in [1.165, 1.54) is 23.4 Å².